The molecule has 1 N–H and O–H groups in total. The van der Waals surface area contributed by atoms with E-state index >= 15 is 0 Å². The van der Waals surface area contributed by atoms with Gasteiger partial charge in [0.2, 0.25) is 0 Å². The Hall–Kier alpha value is -0.760. The standard InChI is InChI=1S/C15H26N2/c1-4-17-12(2)11-14(13(17)3)9-10-16-15-7-5-6-8-15/h11,15-16H,4-10H2,1-3H3. The molecular weight excluding hydrogens is 208 g/mol. The zero-order valence-electron chi connectivity index (χ0n) is 11.6. The van der Waals surface area contributed by atoms with Crippen LogP contribution in [0.5, 0.6) is 0 Å². The van der Waals surface area contributed by atoms with Gasteiger partial charge in [0.15, 0.2) is 0 Å². The minimum absolute atomic E-state index is 0.796. The quantitative estimate of drug-likeness (QED) is 0.828. The molecule has 0 spiro atoms. The van der Waals surface area contributed by atoms with E-state index in [1.54, 1.807) is 0 Å². The lowest BCUT2D eigenvalue weighted by molar-refractivity contribution is 0.527. The zero-order valence-corrected chi connectivity index (χ0v) is 11.6. The van der Waals surface area contributed by atoms with Crippen LogP contribution < -0.4 is 5.32 Å². The van der Waals surface area contributed by atoms with Crippen molar-refractivity contribution in [2.75, 3.05) is 6.54 Å². The second-order valence-corrected chi connectivity index (χ2v) is 5.33. The maximum Gasteiger partial charge on any atom is 0.0196 e. The van der Waals surface area contributed by atoms with Gasteiger partial charge in [-0.1, -0.05) is 12.8 Å². The van der Waals surface area contributed by atoms with Crippen molar-refractivity contribution in [1.29, 1.82) is 0 Å². The Morgan fingerprint density at radius 3 is 2.59 bits per heavy atom. The van der Waals surface area contributed by atoms with Crippen LogP contribution in [0.4, 0.5) is 0 Å². The highest BCUT2D eigenvalue weighted by molar-refractivity contribution is 5.27. The second-order valence-electron chi connectivity index (χ2n) is 5.33. The molecule has 2 nitrogen and oxygen atoms in total. The third-order valence-corrected chi connectivity index (χ3v) is 4.18. The molecule has 0 radical (unpaired) electrons. The number of aryl methyl sites for hydroxylation is 1. The van der Waals surface area contributed by atoms with E-state index < -0.39 is 0 Å². The van der Waals surface area contributed by atoms with E-state index in [0.717, 1.165) is 19.1 Å². The van der Waals surface area contributed by atoms with Gasteiger partial charge in [-0.25, -0.2) is 0 Å². The minimum atomic E-state index is 0.796. The Labute approximate surface area is 105 Å². The van der Waals surface area contributed by atoms with Gasteiger partial charge in [-0.3, -0.25) is 0 Å². The molecule has 1 aliphatic carbocycles. The van der Waals surface area contributed by atoms with Crippen LogP contribution in [0.3, 0.4) is 0 Å². The van der Waals surface area contributed by atoms with Crippen LogP contribution in [0, 0.1) is 13.8 Å². The summed E-state index contributed by atoms with van der Waals surface area (Å²) < 4.78 is 2.41. The smallest absolute Gasteiger partial charge is 0.0196 e. The zero-order chi connectivity index (χ0) is 12.3. The van der Waals surface area contributed by atoms with Gasteiger partial charge < -0.3 is 9.88 Å². The molecule has 0 bridgehead atoms. The van der Waals surface area contributed by atoms with Gasteiger partial charge in [0, 0.05) is 24.0 Å². The fourth-order valence-electron chi connectivity index (χ4n) is 3.15. The molecule has 1 aromatic heterocycles. The van der Waals surface area contributed by atoms with Crippen LogP contribution in [-0.2, 0) is 13.0 Å². The fraction of sp³-hybridized carbons (Fsp3) is 0.733. The molecule has 1 aromatic rings. The van der Waals surface area contributed by atoms with Crippen molar-refractivity contribution >= 4 is 0 Å². The molecule has 0 unspecified atom stereocenters. The van der Waals surface area contributed by atoms with Crippen molar-refractivity contribution in [2.24, 2.45) is 0 Å². The Morgan fingerprint density at radius 2 is 2.00 bits per heavy atom. The van der Waals surface area contributed by atoms with E-state index in [1.807, 2.05) is 0 Å². The van der Waals surface area contributed by atoms with Crippen LogP contribution in [-0.4, -0.2) is 17.2 Å². The Balaban J connectivity index is 1.86. The highest BCUT2D eigenvalue weighted by Gasteiger charge is 2.14. The molecule has 2 heteroatoms. The van der Waals surface area contributed by atoms with Gasteiger partial charge in [-0.05, 0) is 58.2 Å². The first-order valence-corrected chi connectivity index (χ1v) is 7.11. The summed E-state index contributed by atoms with van der Waals surface area (Å²) in [5, 5.41) is 3.69. The molecule has 0 atom stereocenters. The maximum atomic E-state index is 3.69. The first-order valence-electron chi connectivity index (χ1n) is 7.11. The third kappa shape index (κ3) is 2.92. The average molecular weight is 234 g/mol. The highest BCUT2D eigenvalue weighted by Crippen LogP contribution is 2.18. The van der Waals surface area contributed by atoms with Crippen molar-refractivity contribution in [3.63, 3.8) is 0 Å². The van der Waals surface area contributed by atoms with Crippen LogP contribution >= 0.6 is 0 Å². The Morgan fingerprint density at radius 1 is 1.29 bits per heavy atom. The van der Waals surface area contributed by atoms with Gasteiger partial charge in [0.1, 0.15) is 0 Å². The predicted molar refractivity (Wildman–Crippen MR) is 73.5 cm³/mol. The number of nitrogens with one attached hydrogen (secondary N) is 1. The Kier molecular flexibility index (Phi) is 4.27. The van der Waals surface area contributed by atoms with Gasteiger partial charge in [-0.2, -0.15) is 0 Å². The minimum Gasteiger partial charge on any atom is -0.349 e. The maximum absolute atomic E-state index is 3.69. The molecule has 1 aliphatic rings. The van der Waals surface area contributed by atoms with E-state index in [2.05, 4.69) is 36.7 Å². The molecular formula is C15H26N2. The summed E-state index contributed by atoms with van der Waals surface area (Å²) in [4.78, 5) is 0. The highest BCUT2D eigenvalue weighted by atomic mass is 15.0. The van der Waals surface area contributed by atoms with E-state index in [9.17, 15) is 0 Å². The molecule has 0 aliphatic heterocycles. The van der Waals surface area contributed by atoms with Gasteiger partial charge in [-0.15, -0.1) is 0 Å². The van der Waals surface area contributed by atoms with Crippen LogP contribution in [0.25, 0.3) is 0 Å². The molecule has 1 heterocycles. The summed E-state index contributed by atoms with van der Waals surface area (Å²) in [6, 6.07) is 3.15. The van der Waals surface area contributed by atoms with Crippen molar-refractivity contribution < 1.29 is 0 Å². The second kappa shape index (κ2) is 5.72. The lowest BCUT2D eigenvalue weighted by Gasteiger charge is -2.11. The number of hydrogen-bond acceptors (Lipinski definition) is 1. The third-order valence-electron chi connectivity index (χ3n) is 4.18. The lowest BCUT2D eigenvalue weighted by Crippen LogP contribution is -2.28. The largest absolute Gasteiger partial charge is 0.349 e. The van der Waals surface area contributed by atoms with Crippen molar-refractivity contribution in [3.8, 4) is 0 Å². The molecule has 17 heavy (non-hydrogen) atoms. The van der Waals surface area contributed by atoms with Crippen molar-refractivity contribution in [2.45, 2.75) is 65.5 Å². The van der Waals surface area contributed by atoms with Crippen LogP contribution in [0.15, 0.2) is 6.07 Å². The number of aromatic nitrogens is 1. The average Bonchev–Trinajstić information content (AvgIpc) is 2.89. The normalized spacial score (nSPS) is 16.9. The van der Waals surface area contributed by atoms with Gasteiger partial charge in [0.05, 0.1) is 0 Å². The van der Waals surface area contributed by atoms with E-state index in [4.69, 9.17) is 0 Å². The number of nitrogens with zero attached hydrogens (tertiary/aromatic N) is 1. The summed E-state index contributed by atoms with van der Waals surface area (Å²) in [5.74, 6) is 0. The van der Waals surface area contributed by atoms with Crippen molar-refractivity contribution in [3.05, 3.63) is 23.0 Å². The van der Waals surface area contributed by atoms with E-state index in [-0.39, 0.29) is 0 Å². The molecule has 0 amide bonds. The molecule has 2 rings (SSSR count). The topological polar surface area (TPSA) is 17.0 Å². The lowest BCUT2D eigenvalue weighted by atomic mass is 10.1. The summed E-state index contributed by atoms with van der Waals surface area (Å²) >= 11 is 0. The SMILES string of the molecule is CCn1c(C)cc(CCNC2CCCC2)c1C. The Bertz CT molecular complexity index is 359. The first kappa shape index (κ1) is 12.7. The summed E-state index contributed by atoms with van der Waals surface area (Å²) in [6.45, 7) is 8.92. The summed E-state index contributed by atoms with van der Waals surface area (Å²) in [7, 11) is 0. The molecule has 1 saturated carbocycles. The summed E-state index contributed by atoms with van der Waals surface area (Å²) in [6.07, 6.45) is 6.78. The van der Waals surface area contributed by atoms with Crippen LogP contribution in [0.1, 0.15) is 49.6 Å². The number of rotatable bonds is 5. The molecule has 96 valence electrons. The fourth-order valence-corrected chi connectivity index (χ4v) is 3.15. The molecule has 1 fully saturated rings. The predicted octanol–water partition coefficient (Wildman–Crippen LogP) is 3.20. The van der Waals surface area contributed by atoms with Crippen LogP contribution in [0.2, 0.25) is 0 Å². The van der Waals surface area contributed by atoms with Gasteiger partial charge in [0.25, 0.3) is 0 Å². The van der Waals surface area contributed by atoms with E-state index in [0.29, 0.717) is 0 Å². The number of hydrogen-bond donors (Lipinski definition) is 1. The summed E-state index contributed by atoms with van der Waals surface area (Å²) in [5.41, 5.74) is 4.38. The van der Waals surface area contributed by atoms with E-state index in [1.165, 1.54) is 49.1 Å². The molecule has 0 saturated heterocycles. The monoisotopic (exact) mass is 234 g/mol. The first-order chi connectivity index (χ1) is 8.22. The van der Waals surface area contributed by atoms with Gasteiger partial charge >= 0.3 is 0 Å². The molecule has 0 aromatic carbocycles. The van der Waals surface area contributed by atoms with Crippen molar-refractivity contribution in [1.82, 2.24) is 9.88 Å².